The van der Waals surface area contributed by atoms with Crippen molar-refractivity contribution >= 4 is 21.5 Å². The van der Waals surface area contributed by atoms with Crippen molar-refractivity contribution < 1.29 is 19.3 Å². The molecule has 1 N–H and O–H groups in total. The largest absolute Gasteiger partial charge is 0.504 e. The van der Waals surface area contributed by atoms with Gasteiger partial charge in [0.05, 0.1) is 21.3 Å². The van der Waals surface area contributed by atoms with Gasteiger partial charge in [-0.25, -0.2) is 0 Å². The summed E-state index contributed by atoms with van der Waals surface area (Å²) in [4.78, 5) is 2.13. The molecule has 0 amide bonds. The fraction of sp³-hybridized carbons (Fsp3) is 0.333. The van der Waals surface area contributed by atoms with Crippen LogP contribution in [0.3, 0.4) is 0 Å². The topological polar surface area (TPSA) is 51.2 Å². The smallest absolute Gasteiger partial charge is 0.169 e. The van der Waals surface area contributed by atoms with E-state index in [0.29, 0.717) is 17.2 Å². The van der Waals surface area contributed by atoms with Crippen molar-refractivity contribution in [1.29, 1.82) is 0 Å². The molecular weight excluding hydrogens is 330 g/mol. The van der Waals surface area contributed by atoms with E-state index in [9.17, 15) is 5.11 Å². The summed E-state index contributed by atoms with van der Waals surface area (Å²) >= 11 is 0. The average molecular weight is 355 g/mol. The molecule has 0 aliphatic rings. The van der Waals surface area contributed by atoms with Crippen LogP contribution in [0, 0.1) is 0 Å². The third-order valence-electron chi connectivity index (χ3n) is 4.70. The summed E-state index contributed by atoms with van der Waals surface area (Å²) in [5.74, 6) is 1.82. The van der Waals surface area contributed by atoms with Gasteiger partial charge >= 0.3 is 0 Å². The standard InChI is InChI=1S/C21H25NO4/c1-22(2)11-10-14-12-17(25-4)20(23)19-15(14)8-6-13-7-9-16(24-3)21(26-5)18(13)19/h6-9,12,23H,10-11H2,1-5H3. The lowest BCUT2D eigenvalue weighted by atomic mass is 9.94. The van der Waals surface area contributed by atoms with E-state index in [4.69, 9.17) is 14.2 Å². The number of methoxy groups -OCH3 is 3. The van der Waals surface area contributed by atoms with E-state index in [-0.39, 0.29) is 5.75 Å². The second-order valence-corrected chi connectivity index (χ2v) is 6.53. The van der Waals surface area contributed by atoms with Gasteiger partial charge in [0.2, 0.25) is 0 Å². The molecule has 0 saturated carbocycles. The van der Waals surface area contributed by atoms with Crippen LogP contribution < -0.4 is 14.2 Å². The van der Waals surface area contributed by atoms with Gasteiger partial charge in [-0.05, 0) is 49.0 Å². The molecule has 138 valence electrons. The van der Waals surface area contributed by atoms with Crippen molar-refractivity contribution in [2.45, 2.75) is 6.42 Å². The van der Waals surface area contributed by atoms with Crippen LogP contribution in [0.1, 0.15) is 5.56 Å². The molecular formula is C21H25NO4. The summed E-state index contributed by atoms with van der Waals surface area (Å²) < 4.78 is 16.5. The van der Waals surface area contributed by atoms with Crippen LogP contribution in [-0.2, 0) is 6.42 Å². The Balaban J connectivity index is 2.43. The summed E-state index contributed by atoms with van der Waals surface area (Å²) in [6, 6.07) is 9.85. The fourth-order valence-electron chi connectivity index (χ4n) is 3.38. The molecule has 5 heteroatoms. The summed E-state index contributed by atoms with van der Waals surface area (Å²) in [6.45, 7) is 0.899. The van der Waals surface area contributed by atoms with Gasteiger partial charge in [-0.3, -0.25) is 0 Å². The van der Waals surface area contributed by atoms with Crippen LogP contribution in [0.25, 0.3) is 21.5 Å². The zero-order valence-corrected chi connectivity index (χ0v) is 15.9. The van der Waals surface area contributed by atoms with Crippen molar-refractivity contribution in [2.75, 3.05) is 42.0 Å². The Kier molecular flexibility index (Phi) is 5.09. The maximum Gasteiger partial charge on any atom is 0.169 e. The second kappa shape index (κ2) is 7.30. The van der Waals surface area contributed by atoms with E-state index in [1.807, 2.05) is 44.4 Å². The van der Waals surface area contributed by atoms with Crippen LogP contribution in [-0.4, -0.2) is 52.0 Å². The molecule has 26 heavy (non-hydrogen) atoms. The minimum absolute atomic E-state index is 0.119. The van der Waals surface area contributed by atoms with Crippen molar-refractivity contribution in [3.63, 3.8) is 0 Å². The molecule has 0 unspecified atom stereocenters. The maximum atomic E-state index is 10.9. The van der Waals surface area contributed by atoms with Gasteiger partial charge in [0.1, 0.15) is 0 Å². The number of ether oxygens (including phenoxy) is 3. The first-order valence-corrected chi connectivity index (χ1v) is 8.52. The molecule has 0 heterocycles. The number of phenols is 1. The summed E-state index contributed by atoms with van der Waals surface area (Å²) in [6.07, 6.45) is 0.845. The molecule has 0 aromatic heterocycles. The summed E-state index contributed by atoms with van der Waals surface area (Å²) in [5, 5.41) is 14.4. The number of rotatable bonds is 6. The quantitative estimate of drug-likeness (QED) is 0.681. The molecule has 0 saturated heterocycles. The van der Waals surface area contributed by atoms with Gasteiger partial charge in [0.15, 0.2) is 23.0 Å². The van der Waals surface area contributed by atoms with Crippen LogP contribution in [0.5, 0.6) is 23.0 Å². The number of hydrogen-bond acceptors (Lipinski definition) is 5. The SMILES string of the molecule is COc1ccc2ccc3c(CCN(C)C)cc(OC)c(O)c3c2c1OC. The minimum atomic E-state index is 0.119. The first-order chi connectivity index (χ1) is 12.5. The Labute approximate surface area is 153 Å². The van der Waals surface area contributed by atoms with Gasteiger partial charge in [0, 0.05) is 17.3 Å². The van der Waals surface area contributed by atoms with Gasteiger partial charge in [-0.15, -0.1) is 0 Å². The Bertz CT molecular complexity index is 950. The molecule has 3 aromatic carbocycles. The lowest BCUT2D eigenvalue weighted by Crippen LogP contribution is -2.15. The average Bonchev–Trinajstić information content (AvgIpc) is 2.65. The number of phenolic OH excluding ortho intramolecular Hbond substituents is 1. The minimum Gasteiger partial charge on any atom is -0.504 e. The Hall–Kier alpha value is -2.66. The molecule has 0 aliphatic heterocycles. The van der Waals surface area contributed by atoms with Crippen molar-refractivity contribution in [3.8, 4) is 23.0 Å². The van der Waals surface area contributed by atoms with E-state index in [2.05, 4.69) is 4.90 Å². The molecule has 0 fully saturated rings. The Morgan fingerprint density at radius 1 is 0.885 bits per heavy atom. The Morgan fingerprint density at radius 2 is 1.58 bits per heavy atom. The van der Waals surface area contributed by atoms with E-state index in [0.717, 1.165) is 40.1 Å². The van der Waals surface area contributed by atoms with Crippen LogP contribution in [0.4, 0.5) is 0 Å². The predicted octanol–water partition coefficient (Wildman–Crippen LogP) is 3.83. The van der Waals surface area contributed by atoms with E-state index < -0.39 is 0 Å². The molecule has 0 radical (unpaired) electrons. The van der Waals surface area contributed by atoms with Crippen molar-refractivity contribution in [1.82, 2.24) is 4.90 Å². The van der Waals surface area contributed by atoms with Crippen LogP contribution >= 0.6 is 0 Å². The molecule has 0 aliphatic carbocycles. The second-order valence-electron chi connectivity index (χ2n) is 6.53. The molecule has 0 atom stereocenters. The highest BCUT2D eigenvalue weighted by Gasteiger charge is 2.19. The fourth-order valence-corrected chi connectivity index (χ4v) is 3.38. The third kappa shape index (κ3) is 2.99. The van der Waals surface area contributed by atoms with Gasteiger partial charge in [-0.2, -0.15) is 0 Å². The highest BCUT2D eigenvalue weighted by molar-refractivity contribution is 6.15. The highest BCUT2D eigenvalue weighted by atomic mass is 16.5. The molecule has 0 bridgehead atoms. The zero-order valence-electron chi connectivity index (χ0n) is 15.9. The molecule has 5 nitrogen and oxygen atoms in total. The monoisotopic (exact) mass is 355 g/mol. The van der Waals surface area contributed by atoms with Crippen molar-refractivity contribution in [3.05, 3.63) is 35.9 Å². The third-order valence-corrected chi connectivity index (χ3v) is 4.70. The number of hydrogen-bond donors (Lipinski definition) is 1. The normalized spacial score (nSPS) is 11.3. The first kappa shape index (κ1) is 18.1. The van der Waals surface area contributed by atoms with Crippen LogP contribution in [0.15, 0.2) is 30.3 Å². The van der Waals surface area contributed by atoms with Crippen LogP contribution in [0.2, 0.25) is 0 Å². The highest BCUT2D eigenvalue weighted by Crippen LogP contribution is 2.46. The van der Waals surface area contributed by atoms with Gasteiger partial charge in [0.25, 0.3) is 0 Å². The Morgan fingerprint density at radius 3 is 2.19 bits per heavy atom. The number of benzene rings is 3. The molecule has 3 aromatic rings. The lowest BCUT2D eigenvalue weighted by Gasteiger charge is -2.18. The van der Waals surface area contributed by atoms with Crippen molar-refractivity contribution in [2.24, 2.45) is 0 Å². The number of aromatic hydroxyl groups is 1. The van der Waals surface area contributed by atoms with E-state index in [1.54, 1.807) is 21.3 Å². The van der Waals surface area contributed by atoms with Gasteiger partial charge in [-0.1, -0.05) is 18.2 Å². The molecule has 3 rings (SSSR count). The summed E-state index contributed by atoms with van der Waals surface area (Å²) in [7, 11) is 8.88. The van der Waals surface area contributed by atoms with E-state index in [1.165, 1.54) is 0 Å². The van der Waals surface area contributed by atoms with E-state index >= 15 is 0 Å². The molecule has 0 spiro atoms. The number of nitrogens with zero attached hydrogens (tertiary/aromatic N) is 1. The lowest BCUT2D eigenvalue weighted by molar-refractivity contribution is 0.358. The number of fused-ring (bicyclic) bond motifs is 3. The first-order valence-electron chi connectivity index (χ1n) is 8.52. The zero-order chi connectivity index (χ0) is 18.8. The summed E-state index contributed by atoms with van der Waals surface area (Å²) in [5.41, 5.74) is 1.12. The predicted molar refractivity (Wildman–Crippen MR) is 105 cm³/mol. The van der Waals surface area contributed by atoms with Gasteiger partial charge < -0.3 is 24.2 Å². The number of likely N-dealkylation sites (N-methyl/N-ethyl adjacent to an activating group) is 1. The maximum absolute atomic E-state index is 10.9.